The van der Waals surface area contributed by atoms with Crippen LogP contribution in [0.25, 0.3) is 0 Å². The van der Waals surface area contributed by atoms with E-state index < -0.39 is 0 Å². The van der Waals surface area contributed by atoms with Gasteiger partial charge in [-0.3, -0.25) is 0 Å². The van der Waals surface area contributed by atoms with Gasteiger partial charge in [-0.15, -0.1) is 11.3 Å². The van der Waals surface area contributed by atoms with Gasteiger partial charge in [-0.05, 0) is 38.8 Å². The number of benzene rings is 1. The van der Waals surface area contributed by atoms with Gasteiger partial charge in [-0.2, -0.15) is 0 Å². The van der Waals surface area contributed by atoms with E-state index in [4.69, 9.17) is 9.73 Å². The summed E-state index contributed by atoms with van der Waals surface area (Å²) in [5.41, 5.74) is 3.44. The number of hydrogen-bond acceptors (Lipinski definition) is 4. The van der Waals surface area contributed by atoms with Crippen LogP contribution >= 0.6 is 11.3 Å². The Labute approximate surface area is 160 Å². The molecule has 0 unspecified atom stereocenters. The quantitative estimate of drug-likeness (QED) is 0.517. The zero-order valence-electron chi connectivity index (χ0n) is 16.3. The SMILES string of the molecule is CCCOc1cc(C)ccc1CN=C(NCC)NCCc1csc(C)n1. The van der Waals surface area contributed by atoms with Crippen molar-refractivity contribution >= 4 is 17.3 Å². The number of nitrogens with one attached hydrogen (secondary N) is 2. The second-order valence-corrected chi connectivity index (χ2v) is 7.25. The number of hydrogen-bond donors (Lipinski definition) is 2. The molecule has 0 amide bonds. The molecule has 0 radical (unpaired) electrons. The Morgan fingerprint density at radius 3 is 2.77 bits per heavy atom. The second-order valence-electron chi connectivity index (χ2n) is 6.19. The van der Waals surface area contributed by atoms with Crippen molar-refractivity contribution in [3.63, 3.8) is 0 Å². The Morgan fingerprint density at radius 1 is 1.23 bits per heavy atom. The first-order valence-electron chi connectivity index (χ1n) is 9.27. The van der Waals surface area contributed by atoms with E-state index in [2.05, 4.69) is 60.0 Å². The summed E-state index contributed by atoms with van der Waals surface area (Å²) in [6, 6.07) is 6.30. The van der Waals surface area contributed by atoms with Gasteiger partial charge in [0.1, 0.15) is 5.75 Å². The third kappa shape index (κ3) is 6.67. The predicted octanol–water partition coefficient (Wildman–Crippen LogP) is 3.85. The van der Waals surface area contributed by atoms with Gasteiger partial charge in [0.25, 0.3) is 0 Å². The predicted molar refractivity (Wildman–Crippen MR) is 110 cm³/mol. The number of aliphatic imine (C=N–C) groups is 1. The molecule has 2 N–H and O–H groups in total. The smallest absolute Gasteiger partial charge is 0.191 e. The van der Waals surface area contributed by atoms with Crippen molar-refractivity contribution in [1.82, 2.24) is 15.6 Å². The second kappa shape index (κ2) is 10.8. The average Bonchev–Trinajstić information content (AvgIpc) is 3.04. The molecule has 2 aromatic rings. The van der Waals surface area contributed by atoms with Crippen LogP contribution in [0.4, 0.5) is 0 Å². The van der Waals surface area contributed by atoms with Gasteiger partial charge >= 0.3 is 0 Å². The van der Waals surface area contributed by atoms with E-state index in [9.17, 15) is 0 Å². The van der Waals surface area contributed by atoms with Gasteiger partial charge in [0, 0.05) is 30.5 Å². The Bertz CT molecular complexity index is 712. The van der Waals surface area contributed by atoms with Crippen LogP contribution in [0.15, 0.2) is 28.6 Å². The highest BCUT2D eigenvalue weighted by molar-refractivity contribution is 7.09. The van der Waals surface area contributed by atoms with Crippen molar-refractivity contribution < 1.29 is 4.74 Å². The summed E-state index contributed by atoms with van der Waals surface area (Å²) in [6.45, 7) is 11.3. The topological polar surface area (TPSA) is 58.5 Å². The summed E-state index contributed by atoms with van der Waals surface area (Å²) >= 11 is 1.69. The van der Waals surface area contributed by atoms with E-state index in [1.165, 1.54) is 5.56 Å². The van der Waals surface area contributed by atoms with Gasteiger partial charge in [-0.1, -0.05) is 19.1 Å². The number of ether oxygens (including phenoxy) is 1. The van der Waals surface area contributed by atoms with E-state index >= 15 is 0 Å². The minimum absolute atomic E-state index is 0.588. The third-order valence-electron chi connectivity index (χ3n) is 3.78. The van der Waals surface area contributed by atoms with Gasteiger partial charge < -0.3 is 15.4 Å². The van der Waals surface area contributed by atoms with Crippen LogP contribution < -0.4 is 15.4 Å². The van der Waals surface area contributed by atoms with E-state index in [1.54, 1.807) is 11.3 Å². The molecule has 0 saturated carbocycles. The molecule has 5 nitrogen and oxygen atoms in total. The van der Waals surface area contributed by atoms with E-state index in [-0.39, 0.29) is 0 Å². The molecule has 26 heavy (non-hydrogen) atoms. The normalized spacial score (nSPS) is 11.5. The van der Waals surface area contributed by atoms with Gasteiger partial charge in [-0.25, -0.2) is 9.98 Å². The molecule has 1 heterocycles. The highest BCUT2D eigenvalue weighted by Gasteiger charge is 2.05. The van der Waals surface area contributed by atoms with Crippen LogP contribution in [0.5, 0.6) is 5.75 Å². The maximum atomic E-state index is 5.88. The van der Waals surface area contributed by atoms with E-state index in [0.29, 0.717) is 6.54 Å². The highest BCUT2D eigenvalue weighted by Crippen LogP contribution is 2.21. The number of nitrogens with zero attached hydrogens (tertiary/aromatic N) is 2. The summed E-state index contributed by atoms with van der Waals surface area (Å²) < 4.78 is 5.88. The summed E-state index contributed by atoms with van der Waals surface area (Å²) in [6.07, 6.45) is 1.89. The van der Waals surface area contributed by atoms with Crippen LogP contribution in [0.3, 0.4) is 0 Å². The molecule has 0 saturated heterocycles. The minimum atomic E-state index is 0.588. The van der Waals surface area contributed by atoms with Crippen molar-refractivity contribution in [3.8, 4) is 5.75 Å². The molecular weight excluding hydrogens is 344 g/mol. The molecule has 0 atom stereocenters. The minimum Gasteiger partial charge on any atom is -0.493 e. The van der Waals surface area contributed by atoms with Crippen molar-refractivity contribution in [2.45, 2.75) is 47.1 Å². The van der Waals surface area contributed by atoms with Crippen molar-refractivity contribution in [3.05, 3.63) is 45.4 Å². The van der Waals surface area contributed by atoms with Crippen LogP contribution in [0, 0.1) is 13.8 Å². The lowest BCUT2D eigenvalue weighted by Crippen LogP contribution is -2.38. The molecular formula is C20H30N4OS. The van der Waals surface area contributed by atoms with Crippen LogP contribution in [0.1, 0.15) is 42.1 Å². The lowest BCUT2D eigenvalue weighted by Gasteiger charge is -2.13. The summed E-state index contributed by atoms with van der Waals surface area (Å²) in [5, 5.41) is 9.91. The number of rotatable bonds is 9. The monoisotopic (exact) mass is 374 g/mol. The Balaban J connectivity index is 1.97. The molecule has 2 rings (SSSR count). The third-order valence-corrected chi connectivity index (χ3v) is 4.60. The Kier molecular flexibility index (Phi) is 8.41. The molecule has 6 heteroatoms. The standard InChI is InChI=1S/C20H30N4OS/c1-5-11-25-19-12-15(3)7-8-17(19)13-23-20(21-6-2)22-10-9-18-14-26-16(4)24-18/h7-8,12,14H,5-6,9-11,13H2,1-4H3,(H2,21,22,23). The lowest BCUT2D eigenvalue weighted by atomic mass is 10.1. The first-order chi connectivity index (χ1) is 12.6. The van der Waals surface area contributed by atoms with Crippen LogP contribution in [-0.2, 0) is 13.0 Å². The van der Waals surface area contributed by atoms with Crippen molar-refractivity contribution in [2.75, 3.05) is 19.7 Å². The first-order valence-corrected chi connectivity index (χ1v) is 10.2. The molecule has 0 aliphatic carbocycles. The molecule has 0 aliphatic rings. The highest BCUT2D eigenvalue weighted by atomic mass is 32.1. The Hall–Kier alpha value is -2.08. The first kappa shape index (κ1) is 20.2. The maximum absolute atomic E-state index is 5.88. The van der Waals surface area contributed by atoms with Gasteiger partial charge in [0.15, 0.2) is 5.96 Å². The van der Waals surface area contributed by atoms with Gasteiger partial charge in [0.05, 0.1) is 23.9 Å². The van der Waals surface area contributed by atoms with Crippen molar-refractivity contribution in [2.24, 2.45) is 4.99 Å². The fourth-order valence-corrected chi connectivity index (χ4v) is 3.12. The number of aromatic nitrogens is 1. The molecule has 0 fully saturated rings. The fourth-order valence-electron chi connectivity index (χ4n) is 2.48. The Morgan fingerprint density at radius 2 is 2.08 bits per heavy atom. The molecule has 0 bridgehead atoms. The summed E-state index contributed by atoms with van der Waals surface area (Å²) in [7, 11) is 0. The van der Waals surface area contributed by atoms with E-state index in [0.717, 1.165) is 60.5 Å². The fraction of sp³-hybridized carbons (Fsp3) is 0.500. The molecule has 0 aliphatic heterocycles. The molecule has 1 aromatic carbocycles. The average molecular weight is 375 g/mol. The number of aryl methyl sites for hydroxylation is 2. The van der Waals surface area contributed by atoms with Gasteiger partial charge in [0.2, 0.25) is 0 Å². The zero-order valence-corrected chi connectivity index (χ0v) is 17.1. The largest absolute Gasteiger partial charge is 0.493 e. The van der Waals surface area contributed by atoms with Crippen molar-refractivity contribution in [1.29, 1.82) is 0 Å². The van der Waals surface area contributed by atoms with Crippen LogP contribution in [0.2, 0.25) is 0 Å². The number of thiazole rings is 1. The van der Waals surface area contributed by atoms with E-state index in [1.807, 2.05) is 6.92 Å². The molecule has 1 aromatic heterocycles. The summed E-state index contributed by atoms with van der Waals surface area (Å²) in [4.78, 5) is 9.21. The molecule has 142 valence electrons. The molecule has 0 spiro atoms. The summed E-state index contributed by atoms with van der Waals surface area (Å²) in [5.74, 6) is 1.76. The number of guanidine groups is 1. The maximum Gasteiger partial charge on any atom is 0.191 e. The zero-order chi connectivity index (χ0) is 18.8. The van der Waals surface area contributed by atoms with Crippen LogP contribution in [-0.4, -0.2) is 30.6 Å². The lowest BCUT2D eigenvalue weighted by molar-refractivity contribution is 0.314.